The summed E-state index contributed by atoms with van der Waals surface area (Å²) in [5.41, 5.74) is 2.00. The lowest BCUT2D eigenvalue weighted by Crippen LogP contribution is -2.51. The third-order valence-corrected chi connectivity index (χ3v) is 7.13. The summed E-state index contributed by atoms with van der Waals surface area (Å²) in [4.78, 5) is 26.1. The quantitative estimate of drug-likeness (QED) is 0.412. The van der Waals surface area contributed by atoms with Crippen molar-refractivity contribution in [3.63, 3.8) is 0 Å². The number of piperidine rings is 1. The van der Waals surface area contributed by atoms with Crippen LogP contribution in [0.4, 0.5) is 10.5 Å². The summed E-state index contributed by atoms with van der Waals surface area (Å²) in [5.74, 6) is -0.511. The molecule has 0 bridgehead atoms. The first-order valence-electron chi connectivity index (χ1n) is 11.7. The minimum Gasteiger partial charge on any atom is -0.755 e. The van der Waals surface area contributed by atoms with Gasteiger partial charge < -0.3 is 28.5 Å². The number of carbonyl (C=O) groups excluding carboxylic acids is 1. The smallest absolute Gasteiger partial charge is 0.410 e. The van der Waals surface area contributed by atoms with Gasteiger partial charge in [-0.05, 0) is 66.3 Å². The lowest BCUT2D eigenvalue weighted by atomic mass is 9.89. The van der Waals surface area contributed by atoms with Gasteiger partial charge in [0.15, 0.2) is 6.61 Å². The predicted octanol–water partition coefficient (Wildman–Crippen LogP) is 4.06. The average molecular weight is 528 g/mol. The fourth-order valence-electron chi connectivity index (χ4n) is 4.43. The molecule has 0 saturated carbocycles. The molecule has 10 nitrogen and oxygen atoms in total. The standard InChI is InChI=1S/C26H28N2O8S/c1-34-22-10-6-19(7-11-22)18-4-8-21(9-5-18)28(37(32)33)24(25(29)30)20-12-14-27(15-13-20)26(31)36-17-23-3-2-16-35-23/h2-11,16,20,24H,12-15,17H2,1H3,(H,29,30)(H,32,33)/p-1. The number of hydrogen-bond acceptors (Lipinski definition) is 7. The summed E-state index contributed by atoms with van der Waals surface area (Å²) in [6, 6.07) is 16.1. The van der Waals surface area contributed by atoms with Gasteiger partial charge in [-0.2, -0.15) is 0 Å². The summed E-state index contributed by atoms with van der Waals surface area (Å²) in [5, 5.41) is 10.0. The van der Waals surface area contributed by atoms with Crippen LogP contribution in [0.3, 0.4) is 0 Å². The summed E-state index contributed by atoms with van der Waals surface area (Å²) >= 11 is -2.83. The van der Waals surface area contributed by atoms with Gasteiger partial charge in [0.05, 0.1) is 13.4 Å². The fraction of sp³-hybridized carbons (Fsp3) is 0.308. The third kappa shape index (κ3) is 6.30. The number of benzene rings is 2. The van der Waals surface area contributed by atoms with Crippen molar-refractivity contribution in [3.8, 4) is 16.9 Å². The van der Waals surface area contributed by atoms with Crippen LogP contribution in [0, 0.1) is 5.92 Å². The Hall–Kier alpha value is -3.83. The molecule has 0 aliphatic carbocycles. The molecule has 1 aliphatic heterocycles. The van der Waals surface area contributed by atoms with E-state index >= 15 is 0 Å². The van der Waals surface area contributed by atoms with E-state index in [0.29, 0.717) is 18.6 Å². The Morgan fingerprint density at radius 3 is 2.24 bits per heavy atom. The highest BCUT2D eigenvalue weighted by Gasteiger charge is 2.38. The fourth-order valence-corrected chi connectivity index (χ4v) is 5.18. The summed E-state index contributed by atoms with van der Waals surface area (Å²) in [6.45, 7) is 0.501. The zero-order chi connectivity index (χ0) is 26.4. The molecule has 1 N–H and O–H groups in total. The number of carbonyl (C=O) groups is 2. The largest absolute Gasteiger partial charge is 0.755 e. The van der Waals surface area contributed by atoms with E-state index in [-0.39, 0.29) is 25.4 Å². The molecule has 2 unspecified atom stereocenters. The van der Waals surface area contributed by atoms with Gasteiger partial charge in [0.2, 0.25) is 0 Å². The van der Waals surface area contributed by atoms with Gasteiger partial charge in [0.25, 0.3) is 0 Å². The van der Waals surface area contributed by atoms with Gasteiger partial charge >= 0.3 is 12.1 Å². The molecule has 1 amide bonds. The Bertz CT molecular complexity index is 1210. The van der Waals surface area contributed by atoms with Gasteiger partial charge in [-0.25, -0.2) is 9.59 Å². The molecule has 196 valence electrons. The van der Waals surface area contributed by atoms with Crippen LogP contribution in [-0.2, 0) is 27.4 Å². The Balaban J connectivity index is 1.44. The molecule has 3 aromatic rings. The number of rotatable bonds is 9. The maximum atomic E-state index is 12.4. The number of amides is 1. The Labute approximate surface area is 216 Å². The maximum absolute atomic E-state index is 12.4. The first kappa shape index (κ1) is 26.2. The van der Waals surface area contributed by atoms with Crippen LogP contribution < -0.4 is 9.04 Å². The van der Waals surface area contributed by atoms with Crippen LogP contribution in [-0.4, -0.2) is 57.1 Å². The number of ether oxygens (including phenoxy) is 2. The number of nitrogens with zero attached hydrogens (tertiary/aromatic N) is 2. The summed E-state index contributed by atoms with van der Waals surface area (Å²) in [6.07, 6.45) is 1.58. The second-order valence-electron chi connectivity index (χ2n) is 8.56. The van der Waals surface area contributed by atoms with Crippen LogP contribution in [0.1, 0.15) is 18.6 Å². The van der Waals surface area contributed by atoms with E-state index in [2.05, 4.69) is 0 Å². The summed E-state index contributed by atoms with van der Waals surface area (Å²) in [7, 11) is 1.58. The topological polar surface area (TPSA) is 133 Å². The third-order valence-electron chi connectivity index (χ3n) is 6.37. The lowest BCUT2D eigenvalue weighted by Gasteiger charge is -2.40. The molecule has 1 aromatic heterocycles. The van der Waals surface area contributed by atoms with E-state index in [0.717, 1.165) is 21.2 Å². The van der Waals surface area contributed by atoms with Crippen molar-refractivity contribution in [2.24, 2.45) is 5.92 Å². The van der Waals surface area contributed by atoms with Crippen molar-refractivity contribution in [3.05, 3.63) is 72.7 Å². The molecule has 1 saturated heterocycles. The molecule has 2 aromatic carbocycles. The van der Waals surface area contributed by atoms with Crippen LogP contribution in [0.5, 0.6) is 5.75 Å². The molecule has 1 aliphatic rings. The van der Waals surface area contributed by atoms with Gasteiger partial charge in [-0.15, -0.1) is 0 Å². The highest BCUT2D eigenvalue weighted by molar-refractivity contribution is 7.80. The van der Waals surface area contributed by atoms with E-state index in [1.807, 2.05) is 24.3 Å². The Morgan fingerprint density at radius 2 is 1.73 bits per heavy atom. The number of anilines is 1. The molecule has 1 fully saturated rings. The van der Waals surface area contributed by atoms with Crippen molar-refractivity contribution < 1.29 is 37.3 Å². The highest BCUT2D eigenvalue weighted by Crippen LogP contribution is 2.31. The minimum absolute atomic E-state index is 0.00102. The number of aliphatic carboxylic acids is 1. The van der Waals surface area contributed by atoms with Crippen molar-refractivity contribution in [1.82, 2.24) is 4.90 Å². The molecule has 37 heavy (non-hydrogen) atoms. The zero-order valence-corrected chi connectivity index (χ0v) is 21.0. The number of likely N-dealkylation sites (tertiary alicyclic amines) is 1. The number of carboxylic acid groups (broad SMARTS) is 1. The molecule has 0 radical (unpaired) electrons. The van der Waals surface area contributed by atoms with Gasteiger partial charge in [-0.3, -0.25) is 8.51 Å². The normalized spacial score (nSPS) is 15.6. The Morgan fingerprint density at radius 1 is 1.11 bits per heavy atom. The van der Waals surface area contributed by atoms with Crippen molar-refractivity contribution in [2.45, 2.75) is 25.5 Å². The molecule has 2 atom stereocenters. The van der Waals surface area contributed by atoms with Crippen LogP contribution in [0.2, 0.25) is 0 Å². The van der Waals surface area contributed by atoms with Gasteiger partial charge in [0, 0.05) is 30.0 Å². The second-order valence-corrected chi connectivity index (χ2v) is 9.39. The monoisotopic (exact) mass is 527 g/mol. The van der Waals surface area contributed by atoms with E-state index < -0.39 is 35.3 Å². The molecular formula is C26H27N2O8S-. The van der Waals surface area contributed by atoms with E-state index in [4.69, 9.17) is 13.9 Å². The van der Waals surface area contributed by atoms with Crippen molar-refractivity contribution in [1.29, 1.82) is 0 Å². The summed E-state index contributed by atoms with van der Waals surface area (Å²) < 4.78 is 40.9. The van der Waals surface area contributed by atoms with Crippen molar-refractivity contribution >= 4 is 29.0 Å². The second kappa shape index (κ2) is 11.9. The number of furan rings is 1. The number of carboxylic acids is 1. The minimum atomic E-state index is -2.83. The zero-order valence-electron chi connectivity index (χ0n) is 20.1. The predicted molar refractivity (Wildman–Crippen MR) is 134 cm³/mol. The number of hydrogen-bond donors (Lipinski definition) is 1. The maximum Gasteiger partial charge on any atom is 0.410 e. The lowest BCUT2D eigenvalue weighted by molar-refractivity contribution is -0.140. The van der Waals surface area contributed by atoms with E-state index in [1.165, 1.54) is 11.2 Å². The SMILES string of the molecule is COc1ccc(-c2ccc(N(C(C(=O)O)C3CCN(C(=O)OCc4ccco4)CC3)S(=O)[O-])cc2)cc1. The molecule has 2 heterocycles. The van der Waals surface area contributed by atoms with E-state index in [1.54, 1.807) is 43.5 Å². The van der Waals surface area contributed by atoms with Crippen LogP contribution in [0.25, 0.3) is 11.1 Å². The number of methoxy groups -OCH3 is 1. The Kier molecular flexibility index (Phi) is 8.47. The first-order chi connectivity index (χ1) is 17.9. The average Bonchev–Trinajstić information content (AvgIpc) is 3.44. The first-order valence-corrected chi connectivity index (χ1v) is 12.7. The molecule has 11 heteroatoms. The van der Waals surface area contributed by atoms with Crippen molar-refractivity contribution in [2.75, 3.05) is 24.5 Å². The van der Waals surface area contributed by atoms with E-state index in [9.17, 15) is 23.5 Å². The van der Waals surface area contributed by atoms with Gasteiger partial charge in [-0.1, -0.05) is 24.3 Å². The van der Waals surface area contributed by atoms with Gasteiger partial charge in [0.1, 0.15) is 17.6 Å². The van der Waals surface area contributed by atoms with Crippen LogP contribution >= 0.6 is 0 Å². The highest BCUT2D eigenvalue weighted by atomic mass is 32.2. The molecule has 4 rings (SSSR count). The molecule has 0 spiro atoms. The molecular weight excluding hydrogens is 500 g/mol. The van der Waals surface area contributed by atoms with Crippen LogP contribution in [0.15, 0.2) is 71.3 Å².